The Balaban J connectivity index is 2.24. The molecular formula is C14H20N3O+. The smallest absolute Gasteiger partial charge is 0.158 e. The van der Waals surface area contributed by atoms with Crippen molar-refractivity contribution in [2.24, 2.45) is 0 Å². The van der Waals surface area contributed by atoms with Gasteiger partial charge in [-0.2, -0.15) is 5.10 Å². The number of aromatic nitrogens is 2. The summed E-state index contributed by atoms with van der Waals surface area (Å²) in [5, 5.41) is 8.13. The molecular weight excluding hydrogens is 226 g/mol. The van der Waals surface area contributed by atoms with Crippen LogP contribution in [0, 0.1) is 0 Å². The fourth-order valence-electron chi connectivity index (χ4n) is 3.02. The van der Waals surface area contributed by atoms with Crippen LogP contribution in [0.15, 0.2) is 24.3 Å². The minimum atomic E-state index is -0.191. The van der Waals surface area contributed by atoms with Crippen molar-refractivity contribution in [3.05, 3.63) is 30.0 Å². The van der Waals surface area contributed by atoms with E-state index in [1.807, 2.05) is 6.07 Å². The summed E-state index contributed by atoms with van der Waals surface area (Å²) in [4.78, 5) is 0. The summed E-state index contributed by atoms with van der Waals surface area (Å²) in [6.45, 7) is 4.75. The molecule has 96 valence electrons. The maximum atomic E-state index is 6.16. The van der Waals surface area contributed by atoms with Gasteiger partial charge >= 0.3 is 0 Å². The molecule has 0 aliphatic carbocycles. The molecule has 4 heteroatoms. The molecule has 1 atom stereocenters. The largest absolute Gasteiger partial charge is 0.361 e. The summed E-state index contributed by atoms with van der Waals surface area (Å²) in [7, 11) is 2.10. The Kier molecular flexibility index (Phi) is 2.84. The monoisotopic (exact) mass is 246 g/mol. The van der Waals surface area contributed by atoms with E-state index in [0.717, 1.165) is 31.6 Å². The summed E-state index contributed by atoms with van der Waals surface area (Å²) in [5.74, 6) is 0. The van der Waals surface area contributed by atoms with Gasteiger partial charge in [0.25, 0.3) is 0 Å². The lowest BCUT2D eigenvalue weighted by molar-refractivity contribution is -0.644. The first-order valence-corrected chi connectivity index (χ1v) is 6.68. The molecule has 2 N–H and O–H groups in total. The molecule has 0 fully saturated rings. The van der Waals surface area contributed by atoms with Gasteiger partial charge in [-0.15, -0.1) is 0 Å². The van der Waals surface area contributed by atoms with Gasteiger partial charge in [-0.3, -0.25) is 4.68 Å². The molecule has 3 rings (SSSR count). The lowest BCUT2D eigenvalue weighted by Gasteiger charge is -2.35. The highest BCUT2D eigenvalue weighted by molar-refractivity contribution is 5.82. The number of hydrogen-bond donors (Lipinski definition) is 1. The molecule has 0 saturated heterocycles. The first kappa shape index (κ1) is 11.7. The van der Waals surface area contributed by atoms with E-state index in [-0.39, 0.29) is 5.60 Å². The molecule has 1 unspecified atom stereocenters. The molecule has 1 aromatic carbocycles. The quantitative estimate of drug-likeness (QED) is 0.873. The van der Waals surface area contributed by atoms with Crippen molar-refractivity contribution in [2.45, 2.75) is 25.5 Å². The molecule has 2 aromatic rings. The Labute approximate surface area is 107 Å². The van der Waals surface area contributed by atoms with E-state index in [4.69, 9.17) is 9.84 Å². The highest BCUT2D eigenvalue weighted by atomic mass is 16.5. The van der Waals surface area contributed by atoms with Crippen molar-refractivity contribution in [1.82, 2.24) is 9.78 Å². The highest BCUT2D eigenvalue weighted by Crippen LogP contribution is 2.36. The number of rotatable bonds is 3. The molecule has 4 nitrogen and oxygen atoms in total. The third-order valence-corrected chi connectivity index (χ3v) is 3.86. The first-order valence-electron chi connectivity index (χ1n) is 6.68. The fourth-order valence-corrected chi connectivity index (χ4v) is 3.02. The van der Waals surface area contributed by atoms with Crippen LogP contribution < -0.4 is 5.32 Å². The number of quaternary nitrogens is 1. The number of benzene rings is 1. The first-order chi connectivity index (χ1) is 8.80. The summed E-state index contributed by atoms with van der Waals surface area (Å²) < 4.78 is 8.30. The molecule has 1 aliphatic heterocycles. The number of nitrogens with zero attached hydrogens (tertiary/aromatic N) is 2. The Morgan fingerprint density at radius 3 is 3.06 bits per heavy atom. The van der Waals surface area contributed by atoms with Crippen molar-refractivity contribution in [3.8, 4) is 0 Å². The number of fused-ring (bicyclic) bond motifs is 3. The van der Waals surface area contributed by atoms with Crippen molar-refractivity contribution in [3.63, 3.8) is 0 Å². The molecule has 0 spiro atoms. The predicted molar refractivity (Wildman–Crippen MR) is 70.4 cm³/mol. The van der Waals surface area contributed by atoms with Gasteiger partial charge in [0, 0.05) is 5.39 Å². The zero-order valence-corrected chi connectivity index (χ0v) is 11.0. The van der Waals surface area contributed by atoms with Gasteiger partial charge in [0.2, 0.25) is 0 Å². The molecule has 0 bridgehead atoms. The van der Waals surface area contributed by atoms with Crippen LogP contribution in [0.5, 0.6) is 0 Å². The number of nitrogens with two attached hydrogens (primary N) is 1. The second-order valence-corrected chi connectivity index (χ2v) is 4.90. The Hall–Kier alpha value is -1.39. The summed E-state index contributed by atoms with van der Waals surface area (Å²) in [5.41, 5.74) is 2.14. The zero-order valence-electron chi connectivity index (χ0n) is 11.0. The van der Waals surface area contributed by atoms with E-state index in [9.17, 15) is 0 Å². The minimum absolute atomic E-state index is 0.191. The Bertz CT molecular complexity index is 563. The van der Waals surface area contributed by atoms with Crippen molar-refractivity contribution in [1.29, 1.82) is 0 Å². The van der Waals surface area contributed by atoms with Crippen LogP contribution in [-0.2, 0) is 16.9 Å². The lowest BCUT2D eigenvalue weighted by atomic mass is 9.92. The Morgan fingerprint density at radius 2 is 2.28 bits per heavy atom. The minimum Gasteiger partial charge on any atom is -0.361 e. The van der Waals surface area contributed by atoms with Crippen LogP contribution in [0.1, 0.15) is 19.0 Å². The number of likely N-dealkylation sites (N-methyl/N-ethyl adjacent to an activating group) is 1. The lowest BCUT2D eigenvalue weighted by Crippen LogP contribution is -2.84. The molecule has 0 amide bonds. The van der Waals surface area contributed by atoms with Gasteiger partial charge in [0.15, 0.2) is 5.60 Å². The predicted octanol–water partition coefficient (Wildman–Crippen LogP) is 0.865. The van der Waals surface area contributed by atoms with Crippen LogP contribution in [0.4, 0.5) is 0 Å². The maximum absolute atomic E-state index is 6.16. The normalized spacial score (nSPS) is 23.2. The van der Waals surface area contributed by atoms with E-state index in [0.29, 0.717) is 0 Å². The van der Waals surface area contributed by atoms with Gasteiger partial charge < -0.3 is 10.1 Å². The highest BCUT2D eigenvalue weighted by Gasteiger charge is 2.40. The third-order valence-electron chi connectivity index (χ3n) is 3.86. The fraction of sp³-hybridized carbons (Fsp3) is 0.500. The van der Waals surface area contributed by atoms with Crippen LogP contribution in [0.25, 0.3) is 10.9 Å². The number of hydrogen-bond acceptors (Lipinski definition) is 2. The van der Waals surface area contributed by atoms with Crippen molar-refractivity contribution in [2.75, 3.05) is 20.2 Å². The second-order valence-electron chi connectivity index (χ2n) is 4.90. The molecule has 18 heavy (non-hydrogen) atoms. The summed E-state index contributed by atoms with van der Waals surface area (Å²) >= 11 is 0. The van der Waals surface area contributed by atoms with Gasteiger partial charge in [0.05, 0.1) is 31.4 Å². The SMILES string of the molecule is CCC1(C[NH2+]C)OCCn2nc3ccccc3c21. The van der Waals surface area contributed by atoms with E-state index in [1.54, 1.807) is 0 Å². The maximum Gasteiger partial charge on any atom is 0.158 e. The van der Waals surface area contributed by atoms with Crippen LogP contribution in [0.3, 0.4) is 0 Å². The molecule has 1 aliphatic rings. The molecule has 0 radical (unpaired) electrons. The molecule has 0 saturated carbocycles. The Morgan fingerprint density at radius 1 is 1.44 bits per heavy atom. The number of ether oxygens (including phenoxy) is 1. The second kappa shape index (κ2) is 4.37. The van der Waals surface area contributed by atoms with Crippen molar-refractivity contribution < 1.29 is 10.1 Å². The average molecular weight is 246 g/mol. The van der Waals surface area contributed by atoms with E-state index in [1.165, 1.54) is 11.1 Å². The third kappa shape index (κ3) is 1.56. The zero-order chi connectivity index (χ0) is 12.6. The van der Waals surface area contributed by atoms with E-state index < -0.39 is 0 Å². The van der Waals surface area contributed by atoms with Gasteiger partial charge in [-0.05, 0) is 12.5 Å². The van der Waals surface area contributed by atoms with E-state index >= 15 is 0 Å². The van der Waals surface area contributed by atoms with E-state index in [2.05, 4.69) is 42.2 Å². The molecule has 1 aromatic heterocycles. The van der Waals surface area contributed by atoms with Crippen molar-refractivity contribution >= 4 is 10.9 Å². The van der Waals surface area contributed by atoms with Gasteiger partial charge in [0.1, 0.15) is 6.54 Å². The summed E-state index contributed by atoms with van der Waals surface area (Å²) in [6.07, 6.45) is 0.979. The average Bonchev–Trinajstić information content (AvgIpc) is 2.78. The molecule has 2 heterocycles. The summed E-state index contributed by atoms with van der Waals surface area (Å²) in [6, 6.07) is 8.36. The van der Waals surface area contributed by atoms with Crippen LogP contribution >= 0.6 is 0 Å². The van der Waals surface area contributed by atoms with Gasteiger partial charge in [-0.1, -0.05) is 25.1 Å². The van der Waals surface area contributed by atoms with Gasteiger partial charge in [-0.25, -0.2) is 0 Å². The van der Waals surface area contributed by atoms with Crippen LogP contribution in [-0.4, -0.2) is 30.0 Å². The van der Waals surface area contributed by atoms with Crippen LogP contribution in [0.2, 0.25) is 0 Å². The topological polar surface area (TPSA) is 43.7 Å². The standard InChI is InChI=1S/C14H19N3O/c1-3-14(10-15-2)13-11-6-4-5-7-12(11)16-17(13)8-9-18-14/h4-7,15H,3,8-10H2,1-2H3/p+1.